The summed E-state index contributed by atoms with van der Waals surface area (Å²) in [6.45, 7) is 5.17. The third-order valence-corrected chi connectivity index (χ3v) is 5.27. The molecule has 1 N–H and O–H groups in total. The second kappa shape index (κ2) is 4.91. The number of hydrogen-bond donors (Lipinski definition) is 1. The highest BCUT2D eigenvalue weighted by molar-refractivity contribution is 7.89. The predicted octanol–water partition coefficient (Wildman–Crippen LogP) is 0.661. The highest BCUT2D eigenvalue weighted by Gasteiger charge is 2.31. The first kappa shape index (κ1) is 13.4. The molecule has 1 fully saturated rings. The van der Waals surface area contributed by atoms with Crippen LogP contribution < -0.4 is 4.74 Å². The van der Waals surface area contributed by atoms with E-state index in [1.165, 1.54) is 11.4 Å². The molecule has 0 spiro atoms. The molecule has 0 aliphatic carbocycles. The second-order valence-corrected chi connectivity index (χ2v) is 6.13. The molecule has 1 aromatic heterocycles. The van der Waals surface area contributed by atoms with Gasteiger partial charge in [-0.3, -0.25) is 0 Å². The van der Waals surface area contributed by atoms with E-state index in [0.717, 1.165) is 0 Å². The highest BCUT2D eigenvalue weighted by Crippen LogP contribution is 2.30. The lowest BCUT2D eigenvalue weighted by molar-refractivity contribution is 0.0730. The highest BCUT2D eigenvalue weighted by atomic mass is 32.2. The number of hydrogen-bond acceptors (Lipinski definition) is 4. The molecule has 0 radical (unpaired) electrons. The van der Waals surface area contributed by atoms with Gasteiger partial charge in [0.05, 0.1) is 20.3 Å². The number of rotatable bonds is 3. The monoisotopic (exact) mass is 274 g/mol. The lowest BCUT2D eigenvalue weighted by atomic mass is 10.3. The summed E-state index contributed by atoms with van der Waals surface area (Å²) >= 11 is 0. The van der Waals surface area contributed by atoms with E-state index in [-0.39, 0.29) is 0 Å². The molecule has 2 heterocycles. The van der Waals surface area contributed by atoms with Crippen LogP contribution >= 0.6 is 0 Å². The van der Waals surface area contributed by atoms with Gasteiger partial charge in [0.15, 0.2) is 5.88 Å². The van der Waals surface area contributed by atoms with Gasteiger partial charge in [0.2, 0.25) is 10.0 Å². The third kappa shape index (κ3) is 2.13. The first-order valence-corrected chi connectivity index (χ1v) is 7.23. The molecule has 2 rings (SSSR count). The maximum absolute atomic E-state index is 12.6. The molecule has 1 aliphatic rings. The van der Waals surface area contributed by atoms with Crippen LogP contribution in [0.5, 0.6) is 5.88 Å². The summed E-state index contributed by atoms with van der Waals surface area (Å²) in [5.74, 6) is 0.499. The van der Waals surface area contributed by atoms with Crippen LogP contribution in [0, 0.1) is 13.8 Å². The van der Waals surface area contributed by atoms with Gasteiger partial charge >= 0.3 is 0 Å². The molecule has 0 saturated carbocycles. The van der Waals surface area contributed by atoms with Crippen molar-refractivity contribution in [2.75, 3.05) is 33.4 Å². The zero-order valence-corrected chi connectivity index (χ0v) is 11.6. The topological polar surface area (TPSA) is 71.6 Å². The van der Waals surface area contributed by atoms with Crippen molar-refractivity contribution < 1.29 is 17.9 Å². The number of sulfonamides is 1. The maximum atomic E-state index is 12.6. The van der Waals surface area contributed by atoms with E-state index in [2.05, 4.69) is 4.98 Å². The third-order valence-electron chi connectivity index (χ3n) is 3.09. The summed E-state index contributed by atoms with van der Waals surface area (Å²) in [7, 11) is -1.95. The number of nitrogens with one attached hydrogen (secondary N) is 1. The van der Waals surface area contributed by atoms with E-state index < -0.39 is 10.0 Å². The van der Waals surface area contributed by atoms with Crippen molar-refractivity contribution in [3.05, 3.63) is 11.3 Å². The van der Waals surface area contributed by atoms with Crippen molar-refractivity contribution in [1.82, 2.24) is 9.29 Å². The van der Waals surface area contributed by atoms with E-state index in [9.17, 15) is 8.42 Å². The van der Waals surface area contributed by atoms with E-state index in [1.807, 2.05) is 0 Å². The average Bonchev–Trinajstić information content (AvgIpc) is 2.65. The van der Waals surface area contributed by atoms with Crippen LogP contribution in [0.1, 0.15) is 11.3 Å². The van der Waals surface area contributed by atoms with Gasteiger partial charge in [-0.1, -0.05) is 0 Å². The summed E-state index contributed by atoms with van der Waals surface area (Å²) < 4.78 is 36.9. The number of morpholine rings is 1. The molecule has 7 heteroatoms. The molecule has 1 aliphatic heterocycles. The van der Waals surface area contributed by atoms with Gasteiger partial charge < -0.3 is 14.5 Å². The Morgan fingerprint density at radius 2 is 1.89 bits per heavy atom. The van der Waals surface area contributed by atoms with Gasteiger partial charge in [-0.2, -0.15) is 4.31 Å². The zero-order valence-electron chi connectivity index (χ0n) is 10.8. The van der Waals surface area contributed by atoms with E-state index >= 15 is 0 Å². The van der Waals surface area contributed by atoms with Gasteiger partial charge in [-0.05, 0) is 13.8 Å². The number of methoxy groups -OCH3 is 1. The fourth-order valence-electron chi connectivity index (χ4n) is 2.21. The van der Waals surface area contributed by atoms with Crippen LogP contribution in [0.2, 0.25) is 0 Å². The number of H-pyrrole nitrogens is 1. The predicted molar refractivity (Wildman–Crippen MR) is 66.4 cm³/mol. The standard InChI is InChI=1S/C11H18N2O4S/c1-8-10(9(2)12-11(8)16-3)18(14,15)13-4-6-17-7-5-13/h12H,4-7H2,1-3H3. The minimum absolute atomic E-state index is 0.321. The molecule has 1 saturated heterocycles. The quantitative estimate of drug-likeness (QED) is 0.879. The fourth-order valence-corrected chi connectivity index (χ4v) is 4.02. The van der Waals surface area contributed by atoms with Crippen molar-refractivity contribution in [1.29, 1.82) is 0 Å². The Labute approximate surface area is 107 Å². The molecule has 0 bridgehead atoms. The largest absolute Gasteiger partial charge is 0.482 e. The SMILES string of the molecule is COc1[nH]c(C)c(S(=O)(=O)N2CCOCC2)c1C. The number of nitrogens with zero attached hydrogens (tertiary/aromatic N) is 1. The molecular formula is C11H18N2O4S. The van der Waals surface area contributed by atoms with Crippen LogP contribution in [-0.2, 0) is 14.8 Å². The van der Waals surface area contributed by atoms with Crippen molar-refractivity contribution >= 4 is 10.0 Å². The Bertz CT molecular complexity index is 529. The van der Waals surface area contributed by atoms with Crippen LogP contribution in [-0.4, -0.2) is 51.1 Å². The Morgan fingerprint density at radius 1 is 1.28 bits per heavy atom. The molecule has 18 heavy (non-hydrogen) atoms. The van der Waals surface area contributed by atoms with Gasteiger partial charge in [0, 0.05) is 24.3 Å². The maximum Gasteiger partial charge on any atom is 0.245 e. The molecule has 0 unspecified atom stereocenters. The summed E-state index contributed by atoms with van der Waals surface area (Å²) in [5, 5.41) is 0. The van der Waals surface area contributed by atoms with E-state index in [0.29, 0.717) is 48.3 Å². The average molecular weight is 274 g/mol. The van der Waals surface area contributed by atoms with Crippen molar-refractivity contribution in [2.45, 2.75) is 18.7 Å². The Kier molecular flexibility index (Phi) is 3.65. The summed E-state index contributed by atoms with van der Waals surface area (Å²) in [6, 6.07) is 0. The van der Waals surface area contributed by atoms with E-state index in [1.54, 1.807) is 13.8 Å². The Hall–Kier alpha value is -1.05. The van der Waals surface area contributed by atoms with Crippen molar-refractivity contribution in [2.24, 2.45) is 0 Å². The summed E-state index contributed by atoms with van der Waals surface area (Å²) in [5.41, 5.74) is 1.23. The minimum atomic E-state index is -3.47. The van der Waals surface area contributed by atoms with Crippen LogP contribution in [0.4, 0.5) is 0 Å². The number of aromatic amines is 1. The molecule has 0 atom stereocenters. The fraction of sp³-hybridized carbons (Fsp3) is 0.636. The Morgan fingerprint density at radius 3 is 2.39 bits per heavy atom. The van der Waals surface area contributed by atoms with Crippen LogP contribution in [0.15, 0.2) is 4.90 Å². The number of aryl methyl sites for hydroxylation is 1. The number of ether oxygens (including phenoxy) is 2. The first-order valence-electron chi connectivity index (χ1n) is 5.79. The second-order valence-electron chi connectivity index (χ2n) is 4.25. The Balaban J connectivity index is 2.43. The molecular weight excluding hydrogens is 256 g/mol. The molecule has 6 nitrogen and oxygen atoms in total. The lowest BCUT2D eigenvalue weighted by Crippen LogP contribution is -2.40. The van der Waals surface area contributed by atoms with Crippen LogP contribution in [0.3, 0.4) is 0 Å². The molecule has 0 aromatic carbocycles. The van der Waals surface area contributed by atoms with E-state index in [4.69, 9.17) is 9.47 Å². The first-order chi connectivity index (χ1) is 8.48. The van der Waals surface area contributed by atoms with Gasteiger partial charge in [-0.15, -0.1) is 0 Å². The molecule has 102 valence electrons. The molecule has 1 aromatic rings. The summed E-state index contributed by atoms with van der Waals surface area (Å²) in [6.07, 6.45) is 0. The lowest BCUT2D eigenvalue weighted by Gasteiger charge is -2.26. The van der Waals surface area contributed by atoms with Gasteiger partial charge in [0.25, 0.3) is 0 Å². The summed E-state index contributed by atoms with van der Waals surface area (Å²) in [4.78, 5) is 3.27. The van der Waals surface area contributed by atoms with Gasteiger partial charge in [-0.25, -0.2) is 8.42 Å². The molecule has 0 amide bonds. The normalized spacial score (nSPS) is 17.9. The van der Waals surface area contributed by atoms with Crippen molar-refractivity contribution in [3.8, 4) is 5.88 Å². The van der Waals surface area contributed by atoms with Crippen molar-refractivity contribution in [3.63, 3.8) is 0 Å². The van der Waals surface area contributed by atoms with Crippen LogP contribution in [0.25, 0.3) is 0 Å². The van der Waals surface area contributed by atoms with Gasteiger partial charge in [0.1, 0.15) is 4.90 Å². The zero-order chi connectivity index (χ0) is 13.3. The smallest absolute Gasteiger partial charge is 0.245 e. The number of aromatic nitrogens is 1. The minimum Gasteiger partial charge on any atom is -0.482 e.